The van der Waals surface area contributed by atoms with E-state index in [1.807, 2.05) is 0 Å². The van der Waals surface area contributed by atoms with Gasteiger partial charge >= 0.3 is 0 Å². The van der Waals surface area contributed by atoms with Crippen LogP contribution in [0.25, 0.3) is 0 Å². The number of ether oxygens (including phenoxy) is 1. The van der Waals surface area contributed by atoms with Crippen LogP contribution in [-0.2, 0) is 0 Å². The number of benzene rings is 1. The zero-order chi connectivity index (χ0) is 13.3. The quantitative estimate of drug-likeness (QED) is 0.746. The molecule has 0 aromatic heterocycles. The van der Waals surface area contributed by atoms with Crippen molar-refractivity contribution >= 4 is 0 Å². The molecule has 2 rings (SSSR count). The zero-order valence-electron chi connectivity index (χ0n) is 11.2. The first-order chi connectivity index (χ1) is 8.44. The van der Waals surface area contributed by atoms with E-state index in [0.717, 1.165) is 24.8 Å². The molecule has 3 heteroatoms. The van der Waals surface area contributed by atoms with E-state index in [4.69, 9.17) is 4.74 Å². The molecule has 100 valence electrons. The molecule has 0 bridgehead atoms. The number of rotatable bonds is 2. The second-order valence-corrected chi connectivity index (χ2v) is 5.94. The van der Waals surface area contributed by atoms with Crippen LogP contribution in [-0.4, -0.2) is 7.11 Å². The smallest absolute Gasteiger partial charge is 0.200 e. The molecule has 1 atom stereocenters. The predicted molar refractivity (Wildman–Crippen MR) is 67.9 cm³/mol. The van der Waals surface area contributed by atoms with Crippen LogP contribution < -0.4 is 4.74 Å². The summed E-state index contributed by atoms with van der Waals surface area (Å²) in [6.45, 7) is 4.46. The highest BCUT2D eigenvalue weighted by Crippen LogP contribution is 2.46. The van der Waals surface area contributed by atoms with Gasteiger partial charge in [0.15, 0.2) is 11.6 Å². The third kappa shape index (κ3) is 2.50. The fourth-order valence-electron chi connectivity index (χ4n) is 3.04. The molecule has 1 fully saturated rings. The van der Waals surface area contributed by atoms with E-state index in [1.54, 1.807) is 6.07 Å². The van der Waals surface area contributed by atoms with Gasteiger partial charge in [0.2, 0.25) is 5.82 Å². The highest BCUT2D eigenvalue weighted by molar-refractivity contribution is 5.38. The number of methoxy groups -OCH3 is 1. The monoisotopic (exact) mass is 254 g/mol. The van der Waals surface area contributed by atoms with E-state index >= 15 is 0 Å². The third-order valence-electron chi connectivity index (χ3n) is 3.93. The van der Waals surface area contributed by atoms with Crippen LogP contribution in [0.4, 0.5) is 8.78 Å². The molecule has 1 aromatic carbocycles. The van der Waals surface area contributed by atoms with Crippen molar-refractivity contribution in [2.45, 2.75) is 45.4 Å². The van der Waals surface area contributed by atoms with Gasteiger partial charge in [0.1, 0.15) is 0 Å². The first-order valence-corrected chi connectivity index (χ1v) is 6.46. The Bertz CT molecular complexity index is 440. The summed E-state index contributed by atoms with van der Waals surface area (Å²) < 4.78 is 32.0. The molecule has 1 saturated carbocycles. The van der Waals surface area contributed by atoms with Crippen molar-refractivity contribution in [3.8, 4) is 5.75 Å². The molecule has 0 amide bonds. The average molecular weight is 254 g/mol. The van der Waals surface area contributed by atoms with E-state index in [2.05, 4.69) is 13.8 Å². The zero-order valence-corrected chi connectivity index (χ0v) is 11.2. The normalized spacial score (nSPS) is 22.8. The summed E-state index contributed by atoms with van der Waals surface area (Å²) in [6.07, 6.45) is 4.33. The molecule has 1 nitrogen and oxygen atoms in total. The molecular formula is C15H20F2O. The lowest BCUT2D eigenvalue weighted by atomic mass is 9.70. The predicted octanol–water partition coefficient (Wildman–Crippen LogP) is 4.66. The molecule has 0 aliphatic heterocycles. The minimum absolute atomic E-state index is 0.0812. The lowest BCUT2D eigenvalue weighted by Gasteiger charge is -2.36. The van der Waals surface area contributed by atoms with Gasteiger partial charge in [-0.05, 0) is 36.7 Å². The summed E-state index contributed by atoms with van der Waals surface area (Å²) in [5.41, 5.74) is 1.07. The SMILES string of the molecule is COc1c([C@@H]2CCCC(C)(C)C2)ccc(F)c1F. The highest BCUT2D eigenvalue weighted by Gasteiger charge is 2.31. The Morgan fingerprint density at radius 1 is 1.28 bits per heavy atom. The molecule has 0 saturated heterocycles. The standard InChI is InChI=1S/C15H20F2O/c1-15(2)8-4-5-10(9-15)11-6-7-12(16)13(17)14(11)18-3/h6-7,10H,4-5,8-9H2,1-3H3/t10-/m1/s1. The number of halogens is 2. The fraction of sp³-hybridized carbons (Fsp3) is 0.600. The summed E-state index contributed by atoms with van der Waals surface area (Å²) in [6, 6.07) is 2.87. The maximum Gasteiger partial charge on any atom is 0.200 e. The molecule has 1 aliphatic rings. The minimum Gasteiger partial charge on any atom is -0.493 e. The Kier molecular flexibility index (Phi) is 3.60. The van der Waals surface area contributed by atoms with Crippen molar-refractivity contribution in [2.24, 2.45) is 5.41 Å². The van der Waals surface area contributed by atoms with Crippen LogP contribution in [0.15, 0.2) is 12.1 Å². The topological polar surface area (TPSA) is 9.23 Å². The maximum atomic E-state index is 13.7. The lowest BCUT2D eigenvalue weighted by molar-refractivity contribution is 0.216. The van der Waals surface area contributed by atoms with Crippen molar-refractivity contribution in [3.05, 3.63) is 29.3 Å². The summed E-state index contributed by atoms with van der Waals surface area (Å²) in [5.74, 6) is -1.36. The Balaban J connectivity index is 2.36. The molecule has 0 spiro atoms. The van der Waals surface area contributed by atoms with Crippen LogP contribution in [0.1, 0.15) is 51.0 Å². The second-order valence-electron chi connectivity index (χ2n) is 5.94. The molecule has 1 aromatic rings. The van der Waals surface area contributed by atoms with E-state index in [0.29, 0.717) is 0 Å². The van der Waals surface area contributed by atoms with Crippen molar-refractivity contribution in [1.29, 1.82) is 0 Å². The van der Waals surface area contributed by atoms with Crippen LogP contribution in [0, 0.1) is 17.0 Å². The number of hydrogen-bond acceptors (Lipinski definition) is 1. The van der Waals surface area contributed by atoms with Crippen LogP contribution in [0.2, 0.25) is 0 Å². The summed E-state index contributed by atoms with van der Waals surface area (Å²) in [4.78, 5) is 0. The van der Waals surface area contributed by atoms with Gasteiger partial charge < -0.3 is 4.74 Å². The first-order valence-electron chi connectivity index (χ1n) is 6.46. The average Bonchev–Trinajstić information content (AvgIpc) is 2.31. The van der Waals surface area contributed by atoms with Gasteiger partial charge in [-0.1, -0.05) is 26.3 Å². The van der Waals surface area contributed by atoms with Gasteiger partial charge in [-0.25, -0.2) is 4.39 Å². The largest absolute Gasteiger partial charge is 0.493 e. The van der Waals surface area contributed by atoms with Crippen molar-refractivity contribution in [3.63, 3.8) is 0 Å². The lowest BCUT2D eigenvalue weighted by Crippen LogP contribution is -2.22. The van der Waals surface area contributed by atoms with E-state index in [9.17, 15) is 8.78 Å². The number of hydrogen-bond donors (Lipinski definition) is 0. The van der Waals surface area contributed by atoms with Crippen LogP contribution >= 0.6 is 0 Å². The molecule has 0 N–H and O–H groups in total. The van der Waals surface area contributed by atoms with Crippen LogP contribution in [0.3, 0.4) is 0 Å². The molecule has 0 heterocycles. The van der Waals surface area contributed by atoms with E-state index < -0.39 is 11.6 Å². The van der Waals surface area contributed by atoms with Crippen LogP contribution in [0.5, 0.6) is 5.75 Å². The van der Waals surface area contributed by atoms with Gasteiger partial charge in [-0.2, -0.15) is 4.39 Å². The molecule has 18 heavy (non-hydrogen) atoms. The minimum atomic E-state index is -0.863. The maximum absolute atomic E-state index is 13.7. The molecular weight excluding hydrogens is 234 g/mol. The molecule has 0 radical (unpaired) electrons. The van der Waals surface area contributed by atoms with Gasteiger partial charge in [0.05, 0.1) is 7.11 Å². The highest BCUT2D eigenvalue weighted by atomic mass is 19.2. The van der Waals surface area contributed by atoms with Gasteiger partial charge in [-0.3, -0.25) is 0 Å². The Hall–Kier alpha value is -1.12. The van der Waals surface area contributed by atoms with E-state index in [-0.39, 0.29) is 17.1 Å². The summed E-state index contributed by atoms with van der Waals surface area (Å²) in [5, 5.41) is 0. The summed E-state index contributed by atoms with van der Waals surface area (Å²) in [7, 11) is 1.40. The van der Waals surface area contributed by atoms with Gasteiger partial charge in [0, 0.05) is 5.56 Å². The third-order valence-corrected chi connectivity index (χ3v) is 3.93. The Labute approximate surface area is 107 Å². The van der Waals surface area contributed by atoms with Crippen molar-refractivity contribution in [2.75, 3.05) is 7.11 Å². The van der Waals surface area contributed by atoms with Gasteiger partial charge in [0.25, 0.3) is 0 Å². The second kappa shape index (κ2) is 4.87. The van der Waals surface area contributed by atoms with Gasteiger partial charge in [-0.15, -0.1) is 0 Å². The van der Waals surface area contributed by atoms with Crippen molar-refractivity contribution in [1.82, 2.24) is 0 Å². The van der Waals surface area contributed by atoms with Crippen molar-refractivity contribution < 1.29 is 13.5 Å². The Morgan fingerprint density at radius 2 is 2.00 bits per heavy atom. The first kappa shape index (κ1) is 13.3. The molecule has 0 unspecified atom stereocenters. The van der Waals surface area contributed by atoms with E-state index in [1.165, 1.54) is 19.6 Å². The summed E-state index contributed by atoms with van der Waals surface area (Å²) >= 11 is 0. The Morgan fingerprint density at radius 3 is 2.61 bits per heavy atom. The fourth-order valence-corrected chi connectivity index (χ4v) is 3.04. The molecule has 1 aliphatic carbocycles.